The van der Waals surface area contributed by atoms with Gasteiger partial charge in [-0.3, -0.25) is 4.79 Å². The van der Waals surface area contributed by atoms with Crippen molar-refractivity contribution in [3.63, 3.8) is 0 Å². The predicted octanol–water partition coefficient (Wildman–Crippen LogP) is 1.64. The molecular formula is C24H26N2O7. The number of carboxylic acids is 1. The third-order valence-electron chi connectivity index (χ3n) is 6.16. The second kappa shape index (κ2) is 9.60. The molecule has 4 N–H and O–H groups in total. The molecule has 0 radical (unpaired) electrons. The quantitative estimate of drug-likeness (QED) is 0.476. The second-order valence-corrected chi connectivity index (χ2v) is 8.21. The molecule has 1 saturated heterocycles. The number of fused-ring (bicyclic) bond motifs is 3. The van der Waals surface area contributed by atoms with Crippen LogP contribution < -0.4 is 10.6 Å². The van der Waals surface area contributed by atoms with E-state index in [0.29, 0.717) is 0 Å². The number of carbonyl (C=O) groups is 3. The number of carbonyl (C=O) groups excluding carboxylic acids is 2. The van der Waals surface area contributed by atoms with Gasteiger partial charge in [-0.1, -0.05) is 48.5 Å². The maximum atomic E-state index is 12.9. The molecule has 0 aromatic heterocycles. The first kappa shape index (κ1) is 22.8. The number of hydrogen-bond donors (Lipinski definition) is 4. The van der Waals surface area contributed by atoms with E-state index in [4.69, 9.17) is 14.6 Å². The molecule has 0 saturated carbocycles. The fraction of sp³-hybridized carbons (Fsp3) is 0.375. The Kier molecular flexibility index (Phi) is 6.62. The van der Waals surface area contributed by atoms with Gasteiger partial charge in [-0.05, 0) is 22.3 Å². The monoisotopic (exact) mass is 454 g/mol. The predicted molar refractivity (Wildman–Crippen MR) is 118 cm³/mol. The Bertz CT molecular complexity index is 1000. The number of amides is 2. The molecule has 1 fully saturated rings. The minimum atomic E-state index is -1.44. The minimum Gasteiger partial charge on any atom is -0.480 e. The molecule has 1 aliphatic heterocycles. The number of aliphatic carboxylic acids is 1. The number of ether oxygens (including phenoxy) is 2. The van der Waals surface area contributed by atoms with Crippen molar-refractivity contribution in [2.45, 2.75) is 30.3 Å². The fourth-order valence-electron chi connectivity index (χ4n) is 4.41. The Hall–Kier alpha value is -3.43. The van der Waals surface area contributed by atoms with Crippen molar-refractivity contribution in [1.82, 2.24) is 10.6 Å². The van der Waals surface area contributed by atoms with Crippen molar-refractivity contribution in [2.75, 3.05) is 26.4 Å². The molecule has 33 heavy (non-hydrogen) atoms. The average Bonchev–Trinajstić information content (AvgIpc) is 3.41. The summed E-state index contributed by atoms with van der Waals surface area (Å²) in [6, 6.07) is 14.6. The molecule has 2 aromatic carbocycles. The summed E-state index contributed by atoms with van der Waals surface area (Å²) in [7, 11) is 0. The van der Waals surface area contributed by atoms with Crippen molar-refractivity contribution < 1.29 is 34.1 Å². The molecule has 2 aliphatic rings. The second-order valence-electron chi connectivity index (χ2n) is 8.21. The van der Waals surface area contributed by atoms with Gasteiger partial charge in [-0.2, -0.15) is 0 Å². The number of hydrogen-bond acceptors (Lipinski definition) is 6. The highest BCUT2D eigenvalue weighted by Gasteiger charge is 2.45. The summed E-state index contributed by atoms with van der Waals surface area (Å²) in [4.78, 5) is 36.9. The van der Waals surface area contributed by atoms with E-state index >= 15 is 0 Å². The lowest BCUT2D eigenvalue weighted by atomic mass is 9.96. The maximum Gasteiger partial charge on any atom is 0.408 e. The van der Waals surface area contributed by atoms with Crippen molar-refractivity contribution in [3.8, 4) is 11.1 Å². The van der Waals surface area contributed by atoms with Crippen LogP contribution in [0.15, 0.2) is 48.5 Å². The molecule has 2 amide bonds. The van der Waals surface area contributed by atoms with Crippen molar-refractivity contribution in [1.29, 1.82) is 0 Å². The summed E-state index contributed by atoms with van der Waals surface area (Å²) in [6.45, 7) is -0.190. The minimum absolute atomic E-state index is 0.0840. The van der Waals surface area contributed by atoms with Crippen molar-refractivity contribution >= 4 is 18.0 Å². The highest BCUT2D eigenvalue weighted by molar-refractivity contribution is 5.93. The number of rotatable bonds is 8. The van der Waals surface area contributed by atoms with Crippen LogP contribution in [0, 0.1) is 0 Å². The Morgan fingerprint density at radius 3 is 2.27 bits per heavy atom. The van der Waals surface area contributed by atoms with E-state index < -0.39 is 36.2 Å². The number of aliphatic hydroxyl groups excluding tert-OH is 1. The van der Waals surface area contributed by atoms with Gasteiger partial charge in [-0.15, -0.1) is 0 Å². The van der Waals surface area contributed by atoms with Crippen LogP contribution >= 0.6 is 0 Å². The van der Waals surface area contributed by atoms with Crippen LogP contribution in [0.4, 0.5) is 4.79 Å². The molecule has 4 rings (SSSR count). The largest absolute Gasteiger partial charge is 0.480 e. The van der Waals surface area contributed by atoms with Gasteiger partial charge in [0.15, 0.2) is 0 Å². The first-order chi connectivity index (χ1) is 15.9. The first-order valence-corrected chi connectivity index (χ1v) is 10.8. The molecule has 1 unspecified atom stereocenters. The smallest absolute Gasteiger partial charge is 0.408 e. The highest BCUT2D eigenvalue weighted by atomic mass is 16.6. The van der Waals surface area contributed by atoms with Crippen LogP contribution in [-0.2, 0) is 19.1 Å². The molecule has 1 heterocycles. The molecular weight excluding hydrogens is 428 g/mol. The number of alkyl carbamates (subject to hydrolysis) is 1. The Labute approximate surface area is 190 Å². The Balaban J connectivity index is 1.44. The molecule has 1 aliphatic carbocycles. The summed E-state index contributed by atoms with van der Waals surface area (Å²) in [6.07, 6.45) is -0.760. The molecule has 174 valence electrons. The van der Waals surface area contributed by atoms with E-state index in [9.17, 15) is 19.5 Å². The average molecular weight is 454 g/mol. The van der Waals surface area contributed by atoms with Gasteiger partial charge < -0.3 is 30.3 Å². The third kappa shape index (κ3) is 4.55. The Morgan fingerprint density at radius 1 is 1.09 bits per heavy atom. The van der Waals surface area contributed by atoms with Crippen LogP contribution in [0.3, 0.4) is 0 Å². The molecule has 2 atom stereocenters. The van der Waals surface area contributed by atoms with Crippen LogP contribution in [0.5, 0.6) is 0 Å². The van der Waals surface area contributed by atoms with E-state index in [1.54, 1.807) is 0 Å². The Morgan fingerprint density at radius 2 is 1.73 bits per heavy atom. The maximum absolute atomic E-state index is 12.9. The van der Waals surface area contributed by atoms with Gasteiger partial charge in [0.1, 0.15) is 18.2 Å². The van der Waals surface area contributed by atoms with Gasteiger partial charge in [-0.25, -0.2) is 9.59 Å². The number of carboxylic acid groups (broad SMARTS) is 1. The van der Waals surface area contributed by atoms with Crippen molar-refractivity contribution in [3.05, 3.63) is 59.7 Å². The van der Waals surface area contributed by atoms with Gasteiger partial charge in [0.05, 0.1) is 6.61 Å². The zero-order valence-electron chi connectivity index (χ0n) is 18.0. The summed E-state index contributed by atoms with van der Waals surface area (Å²) in [5, 5.41) is 23.3. The van der Waals surface area contributed by atoms with E-state index in [1.807, 2.05) is 48.5 Å². The summed E-state index contributed by atoms with van der Waals surface area (Å²) >= 11 is 0. The van der Waals surface area contributed by atoms with Crippen LogP contribution in [-0.4, -0.2) is 66.2 Å². The van der Waals surface area contributed by atoms with E-state index in [2.05, 4.69) is 10.6 Å². The molecule has 9 heteroatoms. The fourth-order valence-corrected chi connectivity index (χ4v) is 4.41. The lowest BCUT2D eigenvalue weighted by Gasteiger charge is -2.29. The topological polar surface area (TPSA) is 134 Å². The summed E-state index contributed by atoms with van der Waals surface area (Å²) in [5.41, 5.74) is 2.90. The third-order valence-corrected chi connectivity index (χ3v) is 6.16. The van der Waals surface area contributed by atoms with Gasteiger partial charge in [0.25, 0.3) is 0 Å². The standard InChI is InChI=1S/C24H26N2O7/c27-11-9-20(21(28)29)25-22(30)24(10-12-32-14-24)26-23(31)33-13-19-17-7-3-1-5-15(17)16-6-2-4-8-18(16)19/h1-8,19-20,27H,9-14H2,(H,25,30)(H,26,31)(H,28,29)/t20-,24?/m1/s1. The zero-order chi connectivity index (χ0) is 23.4. The van der Waals surface area contributed by atoms with Gasteiger partial charge in [0.2, 0.25) is 5.91 Å². The number of aliphatic hydroxyl groups is 1. The molecule has 2 aromatic rings. The normalized spacial score (nSPS) is 19.9. The SMILES string of the molecule is O=C(NC1(C(=O)N[C@H](CCO)C(=O)O)CCOC1)OCC1c2ccccc2-c2ccccc21. The van der Waals surface area contributed by atoms with E-state index in [0.717, 1.165) is 22.3 Å². The van der Waals surface area contributed by atoms with Crippen LogP contribution in [0.2, 0.25) is 0 Å². The van der Waals surface area contributed by atoms with E-state index in [1.165, 1.54) is 0 Å². The lowest BCUT2D eigenvalue weighted by molar-refractivity contribution is -0.143. The number of nitrogens with one attached hydrogen (secondary N) is 2. The molecule has 9 nitrogen and oxygen atoms in total. The van der Waals surface area contributed by atoms with Gasteiger partial charge >= 0.3 is 12.1 Å². The van der Waals surface area contributed by atoms with Crippen LogP contribution in [0.1, 0.15) is 29.9 Å². The van der Waals surface area contributed by atoms with Gasteiger partial charge in [0, 0.05) is 32.0 Å². The summed E-state index contributed by atoms with van der Waals surface area (Å²) < 4.78 is 10.9. The molecule has 0 spiro atoms. The number of benzene rings is 2. The van der Waals surface area contributed by atoms with Crippen molar-refractivity contribution in [2.24, 2.45) is 0 Å². The first-order valence-electron chi connectivity index (χ1n) is 10.8. The highest BCUT2D eigenvalue weighted by Crippen LogP contribution is 2.44. The molecule has 0 bridgehead atoms. The van der Waals surface area contributed by atoms with Crippen LogP contribution in [0.25, 0.3) is 11.1 Å². The van der Waals surface area contributed by atoms with E-state index in [-0.39, 0.29) is 38.6 Å². The summed E-state index contributed by atoms with van der Waals surface area (Å²) in [5.74, 6) is -2.09. The zero-order valence-corrected chi connectivity index (χ0v) is 18.0. The lowest BCUT2D eigenvalue weighted by Crippen LogP contribution is -2.62.